The Balaban J connectivity index is 1.77. The van der Waals surface area contributed by atoms with Crippen molar-refractivity contribution in [2.75, 3.05) is 6.54 Å². The molecule has 2 rings (SSSR count). The zero-order valence-corrected chi connectivity index (χ0v) is 13.1. The number of carbonyl (C=O) groups is 1. The first-order valence-corrected chi connectivity index (χ1v) is 7.33. The minimum atomic E-state index is -0.0384. The summed E-state index contributed by atoms with van der Waals surface area (Å²) in [5.74, 6) is -0.0384. The van der Waals surface area contributed by atoms with Crippen LogP contribution in [-0.4, -0.2) is 22.2 Å². The molecule has 0 unspecified atom stereocenters. The van der Waals surface area contributed by atoms with Gasteiger partial charge in [-0.05, 0) is 41.1 Å². The van der Waals surface area contributed by atoms with Crippen molar-refractivity contribution in [1.82, 2.24) is 15.1 Å². The van der Waals surface area contributed by atoms with Crippen LogP contribution in [0.1, 0.15) is 16.8 Å². The number of halogens is 2. The van der Waals surface area contributed by atoms with Gasteiger partial charge in [0.15, 0.2) is 0 Å². The zero-order chi connectivity index (χ0) is 13.7. The van der Waals surface area contributed by atoms with Crippen LogP contribution >= 0.6 is 34.2 Å². The number of aryl methyl sites for hydroxylation is 1. The maximum Gasteiger partial charge on any atom is 0.252 e. The Kier molecular flexibility index (Phi) is 5.21. The molecular formula is C13H13ClIN3O. The van der Waals surface area contributed by atoms with E-state index in [1.54, 1.807) is 17.1 Å². The van der Waals surface area contributed by atoms with Crippen molar-refractivity contribution in [3.8, 4) is 0 Å². The zero-order valence-electron chi connectivity index (χ0n) is 10.1. The molecule has 0 saturated heterocycles. The van der Waals surface area contributed by atoms with E-state index in [4.69, 9.17) is 11.6 Å². The van der Waals surface area contributed by atoms with Gasteiger partial charge >= 0.3 is 0 Å². The van der Waals surface area contributed by atoms with Gasteiger partial charge in [-0.3, -0.25) is 9.48 Å². The maximum absolute atomic E-state index is 11.9. The quantitative estimate of drug-likeness (QED) is 0.631. The molecule has 0 radical (unpaired) electrons. The van der Waals surface area contributed by atoms with E-state index in [0.29, 0.717) is 17.1 Å². The van der Waals surface area contributed by atoms with Crippen molar-refractivity contribution in [1.29, 1.82) is 0 Å². The molecule has 6 heteroatoms. The molecule has 1 heterocycles. The molecule has 0 fully saturated rings. The fraction of sp³-hybridized carbons (Fsp3) is 0.231. The normalized spacial score (nSPS) is 10.4. The minimum absolute atomic E-state index is 0.0384. The highest BCUT2D eigenvalue weighted by atomic mass is 127. The van der Waals surface area contributed by atoms with E-state index in [9.17, 15) is 4.79 Å². The summed E-state index contributed by atoms with van der Waals surface area (Å²) in [5, 5.41) is 7.60. The number of nitrogens with one attached hydrogen (secondary N) is 1. The average molecular weight is 390 g/mol. The van der Waals surface area contributed by atoms with Gasteiger partial charge in [0.1, 0.15) is 0 Å². The van der Waals surface area contributed by atoms with Crippen LogP contribution in [0.3, 0.4) is 0 Å². The lowest BCUT2D eigenvalue weighted by molar-refractivity contribution is 0.0951. The molecule has 0 atom stereocenters. The number of hydrogen-bond donors (Lipinski definition) is 1. The molecule has 0 aliphatic heterocycles. The largest absolute Gasteiger partial charge is 0.352 e. The number of hydrogen-bond acceptors (Lipinski definition) is 2. The highest BCUT2D eigenvalue weighted by Crippen LogP contribution is 2.11. The number of rotatable bonds is 5. The standard InChI is InChI=1S/C13H13ClIN3O/c14-10-8-17-18(9-10)7-3-6-16-13(19)11-4-1-2-5-12(11)15/h1-2,4-5,8-9H,3,6-7H2,(H,16,19). The van der Waals surface area contributed by atoms with E-state index in [2.05, 4.69) is 33.0 Å². The van der Waals surface area contributed by atoms with Crippen LogP contribution in [0.15, 0.2) is 36.7 Å². The van der Waals surface area contributed by atoms with Gasteiger partial charge in [0, 0.05) is 22.9 Å². The first kappa shape index (κ1) is 14.3. The van der Waals surface area contributed by atoms with Gasteiger partial charge in [-0.25, -0.2) is 0 Å². The highest BCUT2D eigenvalue weighted by molar-refractivity contribution is 14.1. The summed E-state index contributed by atoms with van der Waals surface area (Å²) >= 11 is 7.93. The summed E-state index contributed by atoms with van der Waals surface area (Å²) in [4.78, 5) is 11.9. The summed E-state index contributed by atoms with van der Waals surface area (Å²) in [6, 6.07) is 7.52. The number of benzene rings is 1. The van der Waals surface area contributed by atoms with Crippen molar-refractivity contribution in [2.24, 2.45) is 0 Å². The molecule has 4 nitrogen and oxygen atoms in total. The van der Waals surface area contributed by atoms with Crippen molar-refractivity contribution >= 4 is 40.1 Å². The third kappa shape index (κ3) is 4.21. The predicted octanol–water partition coefficient (Wildman–Crippen LogP) is 2.96. The van der Waals surface area contributed by atoms with Crippen LogP contribution in [0, 0.1) is 3.57 Å². The van der Waals surface area contributed by atoms with Crippen molar-refractivity contribution < 1.29 is 4.79 Å². The van der Waals surface area contributed by atoms with Crippen LogP contribution in [0.2, 0.25) is 5.02 Å². The third-order valence-electron chi connectivity index (χ3n) is 2.57. The molecule has 0 aliphatic rings. The van der Waals surface area contributed by atoms with Gasteiger partial charge in [-0.2, -0.15) is 5.10 Å². The highest BCUT2D eigenvalue weighted by Gasteiger charge is 2.07. The molecule has 1 N–H and O–H groups in total. The summed E-state index contributed by atoms with van der Waals surface area (Å²) in [5.41, 5.74) is 0.713. The monoisotopic (exact) mass is 389 g/mol. The molecule has 100 valence electrons. The van der Waals surface area contributed by atoms with Crippen molar-refractivity contribution in [3.05, 3.63) is 50.8 Å². The number of nitrogens with zero attached hydrogens (tertiary/aromatic N) is 2. The lowest BCUT2D eigenvalue weighted by Gasteiger charge is -2.06. The summed E-state index contributed by atoms with van der Waals surface area (Å²) in [7, 11) is 0. The average Bonchev–Trinajstić information content (AvgIpc) is 2.81. The molecule has 19 heavy (non-hydrogen) atoms. The first-order chi connectivity index (χ1) is 9.16. The Hall–Kier alpha value is -1.08. The lowest BCUT2D eigenvalue weighted by atomic mass is 10.2. The molecule has 2 aromatic rings. The van der Waals surface area contributed by atoms with Gasteiger partial charge in [0.2, 0.25) is 0 Å². The fourth-order valence-electron chi connectivity index (χ4n) is 1.64. The molecular weight excluding hydrogens is 377 g/mol. The van der Waals surface area contributed by atoms with E-state index in [1.807, 2.05) is 24.3 Å². The second-order valence-electron chi connectivity index (χ2n) is 4.01. The minimum Gasteiger partial charge on any atom is -0.352 e. The molecule has 0 aliphatic carbocycles. The van der Waals surface area contributed by atoms with E-state index < -0.39 is 0 Å². The Morgan fingerprint density at radius 2 is 2.21 bits per heavy atom. The molecule has 0 spiro atoms. The Morgan fingerprint density at radius 3 is 2.89 bits per heavy atom. The van der Waals surface area contributed by atoms with Crippen LogP contribution < -0.4 is 5.32 Å². The number of carbonyl (C=O) groups excluding carboxylic acids is 1. The van der Waals surface area contributed by atoms with E-state index >= 15 is 0 Å². The maximum atomic E-state index is 11.9. The van der Waals surface area contributed by atoms with E-state index in [1.165, 1.54) is 0 Å². The van der Waals surface area contributed by atoms with Crippen LogP contribution in [-0.2, 0) is 6.54 Å². The smallest absolute Gasteiger partial charge is 0.252 e. The Morgan fingerprint density at radius 1 is 1.42 bits per heavy atom. The molecule has 0 bridgehead atoms. The SMILES string of the molecule is O=C(NCCCn1cc(Cl)cn1)c1ccccc1I. The molecule has 0 saturated carbocycles. The summed E-state index contributed by atoms with van der Waals surface area (Å²) in [6.07, 6.45) is 4.18. The molecule has 1 aromatic heterocycles. The van der Waals surface area contributed by atoms with Crippen LogP contribution in [0.5, 0.6) is 0 Å². The number of aromatic nitrogens is 2. The topological polar surface area (TPSA) is 46.9 Å². The second-order valence-corrected chi connectivity index (χ2v) is 5.61. The molecule has 1 amide bonds. The summed E-state index contributed by atoms with van der Waals surface area (Å²) < 4.78 is 2.72. The van der Waals surface area contributed by atoms with Crippen molar-refractivity contribution in [2.45, 2.75) is 13.0 Å². The Bertz CT molecular complexity index is 571. The van der Waals surface area contributed by atoms with Gasteiger partial charge in [-0.15, -0.1) is 0 Å². The van der Waals surface area contributed by atoms with Gasteiger partial charge in [0.25, 0.3) is 5.91 Å². The van der Waals surface area contributed by atoms with Gasteiger partial charge < -0.3 is 5.32 Å². The van der Waals surface area contributed by atoms with E-state index in [-0.39, 0.29) is 5.91 Å². The van der Waals surface area contributed by atoms with Crippen LogP contribution in [0.25, 0.3) is 0 Å². The van der Waals surface area contributed by atoms with Gasteiger partial charge in [0.05, 0.1) is 16.8 Å². The lowest BCUT2D eigenvalue weighted by Crippen LogP contribution is -2.26. The van der Waals surface area contributed by atoms with Gasteiger partial charge in [-0.1, -0.05) is 23.7 Å². The fourth-order valence-corrected chi connectivity index (χ4v) is 2.43. The first-order valence-electron chi connectivity index (χ1n) is 5.87. The summed E-state index contributed by atoms with van der Waals surface area (Å²) in [6.45, 7) is 1.35. The van der Waals surface area contributed by atoms with Crippen molar-refractivity contribution in [3.63, 3.8) is 0 Å². The second kappa shape index (κ2) is 6.91. The Labute approximate surface area is 130 Å². The number of amides is 1. The van der Waals surface area contributed by atoms with Crippen LogP contribution in [0.4, 0.5) is 0 Å². The predicted molar refractivity (Wildman–Crippen MR) is 83.3 cm³/mol. The third-order valence-corrected chi connectivity index (χ3v) is 3.71. The van der Waals surface area contributed by atoms with E-state index in [0.717, 1.165) is 16.5 Å². The molecule has 1 aromatic carbocycles.